The van der Waals surface area contributed by atoms with Gasteiger partial charge in [0.25, 0.3) is 0 Å². The average Bonchev–Trinajstić information content (AvgIpc) is 2.82. The summed E-state index contributed by atoms with van der Waals surface area (Å²) in [7, 11) is 0. The third kappa shape index (κ3) is 0.708. The van der Waals surface area contributed by atoms with Gasteiger partial charge in [0.05, 0.1) is 18.8 Å². The van der Waals surface area contributed by atoms with Crippen molar-refractivity contribution in [3.63, 3.8) is 0 Å². The summed E-state index contributed by atoms with van der Waals surface area (Å²) in [4.78, 5) is 0.565. The summed E-state index contributed by atoms with van der Waals surface area (Å²) in [6, 6.07) is 0. The van der Waals surface area contributed by atoms with E-state index in [4.69, 9.17) is 4.74 Å². The van der Waals surface area contributed by atoms with Crippen molar-refractivity contribution in [1.29, 1.82) is 0 Å². The lowest BCUT2D eigenvalue weighted by Gasteiger charge is -2.26. The molecule has 0 spiro atoms. The van der Waals surface area contributed by atoms with Crippen molar-refractivity contribution < 1.29 is 9.84 Å². The molecule has 4 aliphatic rings. The molecule has 76 valence electrons. The fraction of sp³-hybridized carbons (Fsp3) is 0.818. The molecule has 2 bridgehead atoms. The van der Waals surface area contributed by atoms with Gasteiger partial charge in [-0.1, -0.05) is 22.0 Å². The zero-order chi connectivity index (χ0) is 9.45. The van der Waals surface area contributed by atoms with Crippen LogP contribution < -0.4 is 0 Å². The first-order valence-corrected chi connectivity index (χ1v) is 6.34. The molecule has 3 heteroatoms. The zero-order valence-electron chi connectivity index (χ0n) is 7.77. The maximum atomic E-state index is 9.25. The van der Waals surface area contributed by atoms with Crippen LogP contribution in [0.15, 0.2) is 11.6 Å². The number of rotatable bonds is 1. The first-order chi connectivity index (χ1) is 6.81. The van der Waals surface area contributed by atoms with E-state index in [1.54, 1.807) is 0 Å². The van der Waals surface area contributed by atoms with E-state index in [1.807, 2.05) is 0 Å². The molecule has 14 heavy (non-hydrogen) atoms. The highest BCUT2D eigenvalue weighted by Crippen LogP contribution is 2.65. The molecule has 1 N–H and O–H groups in total. The van der Waals surface area contributed by atoms with Crippen molar-refractivity contribution in [2.45, 2.75) is 23.5 Å². The first kappa shape index (κ1) is 8.31. The lowest BCUT2D eigenvalue weighted by Crippen LogP contribution is -2.31. The minimum atomic E-state index is 0.191. The number of allylic oxidation sites excluding steroid dienone is 1. The summed E-state index contributed by atoms with van der Waals surface area (Å²) in [6.45, 7) is 0.191. The summed E-state index contributed by atoms with van der Waals surface area (Å²) < 4.78 is 6.07. The minimum absolute atomic E-state index is 0.191. The summed E-state index contributed by atoms with van der Waals surface area (Å²) in [5.74, 6) is 2.93. The monoisotopic (exact) mass is 256 g/mol. The van der Waals surface area contributed by atoms with Gasteiger partial charge in [-0.05, 0) is 29.7 Å². The Morgan fingerprint density at radius 1 is 1.50 bits per heavy atom. The van der Waals surface area contributed by atoms with E-state index in [9.17, 15) is 5.11 Å². The van der Waals surface area contributed by atoms with E-state index in [1.165, 1.54) is 6.42 Å². The Morgan fingerprint density at radius 2 is 2.36 bits per heavy atom. The largest absolute Gasteiger partial charge is 0.392 e. The number of hydrogen-bond acceptors (Lipinski definition) is 2. The number of fused-ring (bicyclic) bond motifs is 2. The molecule has 7 atom stereocenters. The topological polar surface area (TPSA) is 29.5 Å². The molecule has 3 aliphatic carbocycles. The molecular weight excluding hydrogens is 244 g/mol. The number of alkyl halides is 1. The maximum absolute atomic E-state index is 9.25. The van der Waals surface area contributed by atoms with Gasteiger partial charge in [-0.2, -0.15) is 0 Å². The first-order valence-electron chi connectivity index (χ1n) is 5.42. The number of aliphatic hydroxyl groups is 1. The third-order valence-corrected chi connectivity index (χ3v) is 5.93. The van der Waals surface area contributed by atoms with Crippen molar-refractivity contribution >= 4 is 15.9 Å². The Morgan fingerprint density at radius 3 is 3.14 bits per heavy atom. The average molecular weight is 257 g/mol. The highest BCUT2D eigenvalue weighted by atomic mass is 79.9. The van der Waals surface area contributed by atoms with Gasteiger partial charge in [-0.15, -0.1) is 0 Å². The van der Waals surface area contributed by atoms with Gasteiger partial charge in [0.2, 0.25) is 0 Å². The molecule has 2 nitrogen and oxygen atoms in total. The van der Waals surface area contributed by atoms with Crippen LogP contribution in [0.3, 0.4) is 0 Å². The fourth-order valence-corrected chi connectivity index (χ4v) is 5.38. The fourth-order valence-electron chi connectivity index (χ4n) is 4.29. The molecule has 1 aliphatic heterocycles. The lowest BCUT2D eigenvalue weighted by atomic mass is 9.81. The molecule has 1 saturated heterocycles. The van der Waals surface area contributed by atoms with Crippen LogP contribution in [0.2, 0.25) is 0 Å². The van der Waals surface area contributed by atoms with E-state index in [0.29, 0.717) is 22.8 Å². The van der Waals surface area contributed by atoms with Crippen LogP contribution in [0, 0.1) is 23.7 Å². The number of hydrogen-bond donors (Lipinski definition) is 1. The minimum Gasteiger partial charge on any atom is -0.392 e. The summed E-state index contributed by atoms with van der Waals surface area (Å²) in [6.07, 6.45) is 4.32. The molecular formula is C11H13BrO2. The summed E-state index contributed by atoms with van der Waals surface area (Å²) in [5.41, 5.74) is 1.15. The number of aliphatic hydroxyl groups excluding tert-OH is 1. The summed E-state index contributed by atoms with van der Waals surface area (Å²) >= 11 is 3.78. The van der Waals surface area contributed by atoms with Crippen LogP contribution in [0.5, 0.6) is 0 Å². The van der Waals surface area contributed by atoms with Crippen LogP contribution >= 0.6 is 15.9 Å². The van der Waals surface area contributed by atoms with E-state index in [-0.39, 0.29) is 12.7 Å². The predicted octanol–water partition coefficient (Wildman–Crippen LogP) is 1.33. The molecule has 0 aromatic heterocycles. The molecule has 0 radical (unpaired) electrons. The second-order valence-electron chi connectivity index (χ2n) is 5.08. The van der Waals surface area contributed by atoms with Crippen LogP contribution in [-0.2, 0) is 4.74 Å². The second-order valence-corrected chi connectivity index (χ2v) is 6.14. The van der Waals surface area contributed by atoms with E-state index >= 15 is 0 Å². The standard InChI is InChI=1S/C11H13BrO2/c12-9-6-2-7-8-5(6)1-4(3-13)10(8)14-11(7)9/h1,5-11,13H,2-3H2/t5-,6+,7-,8+,9+,10+,11-/m0/s1. The predicted molar refractivity (Wildman–Crippen MR) is 55.1 cm³/mol. The molecule has 1 heterocycles. The van der Waals surface area contributed by atoms with E-state index < -0.39 is 0 Å². The van der Waals surface area contributed by atoms with Crippen molar-refractivity contribution in [3.8, 4) is 0 Å². The Labute approximate surface area is 91.5 Å². The number of ether oxygens (including phenoxy) is 1. The van der Waals surface area contributed by atoms with Gasteiger partial charge >= 0.3 is 0 Å². The van der Waals surface area contributed by atoms with E-state index in [0.717, 1.165) is 17.4 Å². The molecule has 0 aromatic carbocycles. The maximum Gasteiger partial charge on any atom is 0.0849 e. The molecule has 0 aromatic rings. The van der Waals surface area contributed by atoms with Gasteiger partial charge in [0, 0.05) is 10.7 Å². The molecule has 3 fully saturated rings. The van der Waals surface area contributed by atoms with Gasteiger partial charge in [-0.25, -0.2) is 0 Å². The van der Waals surface area contributed by atoms with Crippen LogP contribution in [0.25, 0.3) is 0 Å². The van der Waals surface area contributed by atoms with Crippen molar-refractivity contribution in [3.05, 3.63) is 11.6 Å². The Balaban J connectivity index is 1.83. The zero-order valence-corrected chi connectivity index (χ0v) is 9.35. The van der Waals surface area contributed by atoms with Gasteiger partial charge in [-0.3, -0.25) is 0 Å². The highest BCUT2D eigenvalue weighted by molar-refractivity contribution is 9.09. The molecule has 0 amide bonds. The van der Waals surface area contributed by atoms with Gasteiger partial charge in [0.1, 0.15) is 0 Å². The molecule has 0 unspecified atom stereocenters. The van der Waals surface area contributed by atoms with Crippen molar-refractivity contribution in [2.24, 2.45) is 23.7 Å². The van der Waals surface area contributed by atoms with Gasteiger partial charge < -0.3 is 9.84 Å². The van der Waals surface area contributed by atoms with Crippen LogP contribution in [0.4, 0.5) is 0 Å². The Bertz CT molecular complexity index is 327. The lowest BCUT2D eigenvalue weighted by molar-refractivity contribution is 0.0578. The smallest absolute Gasteiger partial charge is 0.0849 e. The summed E-state index contributed by atoms with van der Waals surface area (Å²) in [5, 5.41) is 9.25. The SMILES string of the molecule is OCC1=C[C@H]2[C@H]3C[C@@H]4[C@H](O[C@H]1[C@H]24)[C@@H]3Br. The molecule has 2 saturated carbocycles. The van der Waals surface area contributed by atoms with Crippen molar-refractivity contribution in [1.82, 2.24) is 0 Å². The quantitative estimate of drug-likeness (QED) is 0.567. The van der Waals surface area contributed by atoms with Crippen LogP contribution in [0.1, 0.15) is 6.42 Å². The third-order valence-electron chi connectivity index (χ3n) is 4.73. The highest BCUT2D eigenvalue weighted by Gasteiger charge is 2.66. The Hall–Kier alpha value is 0.140. The Kier molecular flexibility index (Phi) is 1.45. The van der Waals surface area contributed by atoms with E-state index in [2.05, 4.69) is 22.0 Å². The number of halogens is 1. The van der Waals surface area contributed by atoms with Gasteiger partial charge in [0.15, 0.2) is 0 Å². The normalized spacial score (nSPS) is 62.4. The molecule has 4 rings (SSSR count). The van der Waals surface area contributed by atoms with Crippen LogP contribution in [-0.4, -0.2) is 28.7 Å². The van der Waals surface area contributed by atoms with Crippen molar-refractivity contribution in [2.75, 3.05) is 6.61 Å². The second kappa shape index (κ2) is 2.45.